The van der Waals surface area contributed by atoms with E-state index in [0.717, 1.165) is 39.1 Å². The van der Waals surface area contributed by atoms with Gasteiger partial charge in [-0.15, -0.1) is 0 Å². The predicted octanol–water partition coefficient (Wildman–Crippen LogP) is 5.11. The first-order valence-electron chi connectivity index (χ1n) is 12.1. The van der Waals surface area contributed by atoms with Crippen molar-refractivity contribution in [1.82, 2.24) is 10.3 Å². The van der Waals surface area contributed by atoms with E-state index < -0.39 is 12.7 Å². The molecule has 3 N–H and O–H groups in total. The van der Waals surface area contributed by atoms with Crippen molar-refractivity contribution in [1.29, 1.82) is 0 Å². The minimum atomic E-state index is -1.04. The van der Waals surface area contributed by atoms with Gasteiger partial charge in [-0.25, -0.2) is 0 Å². The van der Waals surface area contributed by atoms with Crippen LogP contribution < -0.4 is 14.8 Å². The maximum Gasteiger partial charge on any atom is 0.217 e. The number of pyridine rings is 1. The highest BCUT2D eigenvalue weighted by Crippen LogP contribution is 2.43. The highest BCUT2D eigenvalue weighted by molar-refractivity contribution is 6.31. The summed E-state index contributed by atoms with van der Waals surface area (Å²) in [5.41, 5.74) is 5.91. The number of halogens is 1. The Morgan fingerprint density at radius 2 is 1.76 bits per heavy atom. The summed E-state index contributed by atoms with van der Waals surface area (Å²) in [6, 6.07) is 23.0. The quantitative estimate of drug-likeness (QED) is 0.262. The molecule has 0 saturated heterocycles. The van der Waals surface area contributed by atoms with Crippen LogP contribution in [0.3, 0.4) is 0 Å². The third kappa shape index (κ3) is 6.31. The number of hydrogen-bond donors (Lipinski definition) is 3. The highest BCUT2D eigenvalue weighted by atomic mass is 35.5. The lowest BCUT2D eigenvalue weighted by molar-refractivity contribution is -0.119. The Balaban J connectivity index is 1.93. The van der Waals surface area contributed by atoms with Gasteiger partial charge in [-0.2, -0.15) is 0 Å². The first kappa shape index (κ1) is 27.1. The van der Waals surface area contributed by atoms with E-state index in [1.165, 1.54) is 14.0 Å². The number of aliphatic hydroxyl groups is 2. The van der Waals surface area contributed by atoms with Crippen LogP contribution in [0.2, 0.25) is 5.02 Å². The number of benzene rings is 3. The van der Waals surface area contributed by atoms with E-state index in [0.29, 0.717) is 16.5 Å². The number of amides is 1. The van der Waals surface area contributed by atoms with E-state index >= 15 is 0 Å². The van der Waals surface area contributed by atoms with Crippen molar-refractivity contribution in [3.8, 4) is 45.0 Å². The van der Waals surface area contributed by atoms with Crippen LogP contribution in [-0.2, 0) is 11.3 Å². The zero-order valence-corrected chi connectivity index (χ0v) is 21.9. The lowest BCUT2D eigenvalue weighted by Gasteiger charge is -2.20. The zero-order chi connectivity index (χ0) is 27.1. The number of methoxy groups -OCH3 is 1. The fraction of sp³-hybridized carbons (Fsp3) is 0.200. The molecule has 0 spiro atoms. The molecule has 0 radical (unpaired) electrons. The number of nitrogens with one attached hydrogen (secondary N) is 1. The van der Waals surface area contributed by atoms with Crippen LogP contribution >= 0.6 is 11.6 Å². The van der Waals surface area contributed by atoms with Gasteiger partial charge in [-0.05, 0) is 52.6 Å². The van der Waals surface area contributed by atoms with Crippen LogP contribution in [0, 0.1) is 0 Å². The Morgan fingerprint density at radius 3 is 2.47 bits per heavy atom. The molecule has 4 rings (SSSR count). The second-order valence-electron chi connectivity index (χ2n) is 8.67. The number of hydrogen-bond acceptors (Lipinski definition) is 6. The summed E-state index contributed by atoms with van der Waals surface area (Å²) in [6.07, 6.45) is 0.710. The number of aliphatic hydroxyl groups excluding tert-OH is 2. The fourth-order valence-corrected chi connectivity index (χ4v) is 4.32. The van der Waals surface area contributed by atoms with Gasteiger partial charge >= 0.3 is 0 Å². The second-order valence-corrected chi connectivity index (χ2v) is 9.11. The van der Waals surface area contributed by atoms with Crippen molar-refractivity contribution in [2.45, 2.75) is 19.6 Å². The van der Waals surface area contributed by atoms with E-state index in [4.69, 9.17) is 21.1 Å². The van der Waals surface area contributed by atoms with Gasteiger partial charge in [-0.3, -0.25) is 9.78 Å². The molecule has 0 aliphatic carbocycles. The molecule has 1 amide bonds. The van der Waals surface area contributed by atoms with Gasteiger partial charge in [0.1, 0.15) is 12.7 Å². The minimum Gasteiger partial charge on any atom is -0.493 e. The van der Waals surface area contributed by atoms with E-state index in [2.05, 4.69) is 10.3 Å². The summed E-state index contributed by atoms with van der Waals surface area (Å²) in [5.74, 6) is 0.648. The van der Waals surface area contributed by atoms with Gasteiger partial charge in [0.2, 0.25) is 5.91 Å². The van der Waals surface area contributed by atoms with Crippen LogP contribution in [0.15, 0.2) is 79.0 Å². The summed E-state index contributed by atoms with van der Waals surface area (Å²) < 4.78 is 11.4. The molecular formula is C30H29ClN2O5. The SMILES string of the molecule is COc1cc(CNC(C)=O)c(-c2ccc(Cl)cc2-c2cccnc2-c2ccccc2)cc1OCC(O)CO. The molecule has 38 heavy (non-hydrogen) atoms. The third-order valence-electron chi connectivity index (χ3n) is 5.98. The summed E-state index contributed by atoms with van der Waals surface area (Å²) in [6.45, 7) is 1.16. The maximum atomic E-state index is 11.8. The van der Waals surface area contributed by atoms with E-state index in [1.807, 2.05) is 60.7 Å². The Hall–Kier alpha value is -3.91. The van der Waals surface area contributed by atoms with Crippen LogP contribution in [0.4, 0.5) is 0 Å². The lowest BCUT2D eigenvalue weighted by atomic mass is 9.89. The van der Waals surface area contributed by atoms with Crippen molar-refractivity contribution in [3.63, 3.8) is 0 Å². The average molecular weight is 533 g/mol. The molecule has 0 saturated carbocycles. The Morgan fingerprint density at radius 1 is 0.974 bits per heavy atom. The number of carbonyl (C=O) groups is 1. The monoisotopic (exact) mass is 532 g/mol. The van der Waals surface area contributed by atoms with Gasteiger partial charge in [0.25, 0.3) is 0 Å². The smallest absolute Gasteiger partial charge is 0.217 e. The van der Waals surface area contributed by atoms with Crippen LogP contribution in [0.1, 0.15) is 12.5 Å². The maximum absolute atomic E-state index is 11.8. The van der Waals surface area contributed by atoms with Gasteiger partial charge in [0.15, 0.2) is 11.5 Å². The van der Waals surface area contributed by atoms with Crippen LogP contribution in [0.5, 0.6) is 11.5 Å². The molecular weight excluding hydrogens is 504 g/mol. The summed E-state index contributed by atoms with van der Waals surface area (Å²) in [5, 5.41) is 22.5. The Labute approximate surface area is 226 Å². The molecule has 8 heteroatoms. The van der Waals surface area contributed by atoms with E-state index in [-0.39, 0.29) is 19.1 Å². The lowest BCUT2D eigenvalue weighted by Crippen LogP contribution is -2.22. The molecule has 3 aromatic carbocycles. The fourth-order valence-electron chi connectivity index (χ4n) is 4.15. The van der Waals surface area contributed by atoms with Gasteiger partial charge in [-0.1, -0.05) is 54.1 Å². The molecule has 0 bridgehead atoms. The van der Waals surface area contributed by atoms with Crippen LogP contribution in [-0.4, -0.2) is 47.5 Å². The van der Waals surface area contributed by atoms with Gasteiger partial charge in [0, 0.05) is 35.8 Å². The number of aromatic nitrogens is 1. The van der Waals surface area contributed by atoms with Crippen molar-refractivity contribution in [2.75, 3.05) is 20.3 Å². The normalized spacial score (nSPS) is 11.6. The number of ether oxygens (including phenoxy) is 2. The molecule has 7 nitrogen and oxygen atoms in total. The van der Waals surface area contributed by atoms with Gasteiger partial charge < -0.3 is 25.0 Å². The minimum absolute atomic E-state index is 0.119. The van der Waals surface area contributed by atoms with E-state index in [1.54, 1.807) is 18.3 Å². The Bertz CT molecular complexity index is 1410. The zero-order valence-electron chi connectivity index (χ0n) is 21.1. The predicted molar refractivity (Wildman–Crippen MR) is 148 cm³/mol. The molecule has 1 heterocycles. The molecule has 0 fully saturated rings. The topological polar surface area (TPSA) is 101 Å². The molecule has 196 valence electrons. The molecule has 1 unspecified atom stereocenters. The van der Waals surface area contributed by atoms with Crippen molar-refractivity contribution < 1.29 is 24.5 Å². The number of rotatable bonds is 10. The highest BCUT2D eigenvalue weighted by Gasteiger charge is 2.20. The second kappa shape index (κ2) is 12.6. The van der Waals surface area contributed by atoms with E-state index in [9.17, 15) is 15.0 Å². The number of nitrogens with zero attached hydrogens (tertiary/aromatic N) is 1. The average Bonchev–Trinajstić information content (AvgIpc) is 2.95. The first-order chi connectivity index (χ1) is 18.4. The number of carbonyl (C=O) groups excluding carboxylic acids is 1. The summed E-state index contributed by atoms with van der Waals surface area (Å²) >= 11 is 6.50. The van der Waals surface area contributed by atoms with Crippen LogP contribution in [0.25, 0.3) is 33.5 Å². The van der Waals surface area contributed by atoms with Crippen molar-refractivity contribution in [3.05, 3.63) is 89.6 Å². The Kier molecular flexibility index (Phi) is 8.97. The van der Waals surface area contributed by atoms with Crippen molar-refractivity contribution in [2.24, 2.45) is 0 Å². The molecule has 4 aromatic rings. The molecule has 1 atom stereocenters. The first-order valence-corrected chi connectivity index (χ1v) is 12.5. The third-order valence-corrected chi connectivity index (χ3v) is 6.21. The summed E-state index contributed by atoms with van der Waals surface area (Å²) in [7, 11) is 1.52. The van der Waals surface area contributed by atoms with Crippen molar-refractivity contribution >= 4 is 17.5 Å². The summed E-state index contributed by atoms with van der Waals surface area (Å²) in [4.78, 5) is 16.5. The molecule has 1 aromatic heterocycles. The largest absolute Gasteiger partial charge is 0.493 e. The van der Waals surface area contributed by atoms with Gasteiger partial charge in [0.05, 0.1) is 19.4 Å². The molecule has 0 aliphatic rings. The standard InChI is InChI=1S/C30H29ClN2O5/c1-19(35)33-16-21-13-28(37-2)29(38-18-23(36)17-34)15-26(21)24-11-10-22(31)14-27(24)25-9-6-12-32-30(25)20-7-4-3-5-8-20/h3-15,23,34,36H,16-18H2,1-2H3,(H,33,35). The molecule has 0 aliphatic heterocycles.